The summed E-state index contributed by atoms with van der Waals surface area (Å²) in [7, 11) is 3.29. The molecule has 1 nitrogen and oxygen atoms in total. The standard InChI is InChI=1S/C2H2NS2/c1-3-2-5-4-1/h1-2H/q+1. The zero-order chi connectivity index (χ0) is 3.54. The minimum absolute atomic E-state index is 1.64. The van der Waals surface area contributed by atoms with E-state index in [1.807, 2.05) is 11.0 Å². The molecule has 0 amide bonds. The van der Waals surface area contributed by atoms with E-state index in [1.54, 1.807) is 20.7 Å². The molecule has 3 heteroatoms. The number of rotatable bonds is 0. The van der Waals surface area contributed by atoms with Crippen LogP contribution >= 0.6 is 20.7 Å². The monoisotopic (exact) mass is 104 g/mol. The van der Waals surface area contributed by atoms with Gasteiger partial charge in [0.1, 0.15) is 5.51 Å². The van der Waals surface area contributed by atoms with Gasteiger partial charge in [0.25, 0.3) is 0 Å². The Morgan fingerprint density at radius 3 is 3.00 bits per heavy atom. The fourth-order valence-corrected chi connectivity index (χ4v) is 1.12. The van der Waals surface area contributed by atoms with Crippen molar-refractivity contribution in [3.05, 3.63) is 11.0 Å². The number of nitrogens with zero attached hydrogens (tertiary/aromatic N) is 1. The molecule has 0 aliphatic heterocycles. The molecule has 0 saturated carbocycles. The molecule has 0 spiro atoms. The maximum absolute atomic E-state index is 3.76. The minimum Gasteiger partial charge on any atom is -0.192 e. The van der Waals surface area contributed by atoms with Gasteiger partial charge in [-0.05, 0) is 0 Å². The molecule has 0 unspecified atom stereocenters. The van der Waals surface area contributed by atoms with Crippen LogP contribution in [0.3, 0.4) is 0 Å². The number of hydrogen-bond donors (Lipinski definition) is 0. The third-order valence-electron chi connectivity index (χ3n) is 0.263. The van der Waals surface area contributed by atoms with Crippen LogP contribution in [0.1, 0.15) is 0 Å². The first kappa shape index (κ1) is 3.18. The van der Waals surface area contributed by atoms with Crippen molar-refractivity contribution in [3.63, 3.8) is 0 Å². The summed E-state index contributed by atoms with van der Waals surface area (Å²) in [5.74, 6) is 0. The lowest BCUT2D eigenvalue weighted by Crippen LogP contribution is -1.36. The van der Waals surface area contributed by atoms with Crippen LogP contribution < -0.4 is 0 Å². The molecule has 0 atom stereocenters. The lowest BCUT2D eigenvalue weighted by atomic mass is 11.5. The Hall–Kier alpha value is -0.0200. The second-order valence-corrected chi connectivity index (χ2v) is 2.51. The highest BCUT2D eigenvalue weighted by molar-refractivity contribution is 7.67. The molecule has 0 bridgehead atoms. The van der Waals surface area contributed by atoms with Crippen molar-refractivity contribution in [2.45, 2.75) is 0 Å². The molecule has 1 heterocycles. The highest BCUT2D eigenvalue weighted by Crippen LogP contribution is 1.98. The number of hydrogen-bond acceptors (Lipinski definition) is 2. The van der Waals surface area contributed by atoms with Crippen molar-refractivity contribution in [1.29, 1.82) is 0 Å². The summed E-state index contributed by atoms with van der Waals surface area (Å²) in [5, 5.41) is 0. The summed E-state index contributed by atoms with van der Waals surface area (Å²) < 4.78 is 0. The van der Waals surface area contributed by atoms with Crippen molar-refractivity contribution in [2.75, 3.05) is 0 Å². The summed E-state index contributed by atoms with van der Waals surface area (Å²) >= 11 is 0. The Labute approximate surface area is 37.3 Å². The van der Waals surface area contributed by atoms with Gasteiger partial charge in [0.15, 0.2) is 10.3 Å². The normalized spacial score (nSPS) is 8.00. The van der Waals surface area contributed by atoms with Crippen molar-refractivity contribution in [3.8, 4) is 0 Å². The summed E-state index contributed by atoms with van der Waals surface area (Å²) in [4.78, 5) is 3.76. The molecule has 0 radical (unpaired) electrons. The average molecular weight is 104 g/mol. The van der Waals surface area contributed by atoms with Gasteiger partial charge in [0.05, 0.1) is 0 Å². The van der Waals surface area contributed by atoms with Crippen LogP contribution in [0.4, 0.5) is 0 Å². The summed E-state index contributed by atoms with van der Waals surface area (Å²) in [6, 6.07) is 0. The van der Waals surface area contributed by atoms with E-state index in [2.05, 4.69) is 4.98 Å². The molecule has 0 saturated heterocycles. The van der Waals surface area contributed by atoms with E-state index in [4.69, 9.17) is 0 Å². The van der Waals surface area contributed by atoms with Gasteiger partial charge < -0.3 is 0 Å². The first-order valence-corrected chi connectivity index (χ1v) is 3.43. The number of aromatic nitrogens is 1. The van der Waals surface area contributed by atoms with Crippen LogP contribution in [0.2, 0.25) is 0 Å². The van der Waals surface area contributed by atoms with Crippen LogP contribution in [-0.4, -0.2) is 4.98 Å². The van der Waals surface area contributed by atoms with Gasteiger partial charge in [-0.15, -0.1) is 0 Å². The Bertz CT molecular complexity index is 64.1. The summed E-state index contributed by atoms with van der Waals surface area (Å²) in [6.45, 7) is 0. The van der Waals surface area contributed by atoms with Gasteiger partial charge >= 0.3 is 15.9 Å². The van der Waals surface area contributed by atoms with E-state index < -0.39 is 0 Å². The first-order chi connectivity index (χ1) is 2.50. The van der Waals surface area contributed by atoms with Gasteiger partial charge in [0, 0.05) is 0 Å². The lowest BCUT2D eigenvalue weighted by Gasteiger charge is -1.29. The predicted octanol–water partition coefficient (Wildman–Crippen LogP) is 1.49. The van der Waals surface area contributed by atoms with E-state index >= 15 is 0 Å². The average Bonchev–Trinajstić information content (AvgIpc) is 1.76. The zero-order valence-electron chi connectivity index (χ0n) is 2.42. The fourth-order valence-electron chi connectivity index (χ4n) is 0.124. The van der Waals surface area contributed by atoms with E-state index in [-0.39, 0.29) is 0 Å². The Balaban J connectivity index is 3.13. The Kier molecular flexibility index (Phi) is 0.907. The first-order valence-electron chi connectivity index (χ1n) is 1.15. The van der Waals surface area contributed by atoms with Crippen molar-refractivity contribution < 1.29 is 0 Å². The molecule has 26 valence electrons. The van der Waals surface area contributed by atoms with Crippen molar-refractivity contribution in [1.82, 2.24) is 4.98 Å². The molecule has 0 N–H and O–H groups in total. The van der Waals surface area contributed by atoms with Crippen molar-refractivity contribution >= 4 is 20.7 Å². The zero-order valence-corrected chi connectivity index (χ0v) is 4.05. The smallest absolute Gasteiger partial charge is 0.192 e. The quantitative estimate of drug-likeness (QED) is 0.359. The fraction of sp³-hybridized carbons (Fsp3) is 0. The second kappa shape index (κ2) is 1.43. The summed E-state index contributed by atoms with van der Waals surface area (Å²) in [6.07, 6.45) is 0. The molecule has 0 aliphatic carbocycles. The molecule has 1 rings (SSSR count). The highest BCUT2D eigenvalue weighted by Gasteiger charge is 1.80. The van der Waals surface area contributed by atoms with E-state index in [1.165, 1.54) is 0 Å². The molecule has 5 heavy (non-hydrogen) atoms. The molecule has 1 aromatic heterocycles. The van der Waals surface area contributed by atoms with Crippen molar-refractivity contribution in [2.24, 2.45) is 0 Å². The molecule has 1 aromatic rings. The van der Waals surface area contributed by atoms with E-state index in [0.717, 1.165) is 0 Å². The van der Waals surface area contributed by atoms with Crippen LogP contribution in [0, 0.1) is 0 Å². The molecule has 0 aliphatic rings. The van der Waals surface area contributed by atoms with Gasteiger partial charge in [-0.2, -0.15) is 4.98 Å². The topological polar surface area (TPSA) is 12.9 Å². The molecule has 0 aromatic carbocycles. The molecular formula is C2H2NS2+. The maximum Gasteiger partial charge on any atom is 0.314 e. The maximum atomic E-state index is 3.76. The third-order valence-corrected chi connectivity index (χ3v) is 1.64. The molecular weight excluding hydrogens is 102 g/mol. The summed E-state index contributed by atoms with van der Waals surface area (Å²) in [5.41, 5.74) is 3.62. The highest BCUT2D eigenvalue weighted by atomic mass is 32.9. The van der Waals surface area contributed by atoms with Gasteiger partial charge in [-0.25, -0.2) is 0 Å². The Morgan fingerprint density at radius 1 is 1.80 bits per heavy atom. The van der Waals surface area contributed by atoms with E-state index in [9.17, 15) is 0 Å². The van der Waals surface area contributed by atoms with Crippen LogP contribution in [0.25, 0.3) is 0 Å². The van der Waals surface area contributed by atoms with Gasteiger partial charge in [-0.1, -0.05) is 0 Å². The molecule has 0 fully saturated rings. The van der Waals surface area contributed by atoms with Gasteiger partial charge in [-0.3, -0.25) is 0 Å². The van der Waals surface area contributed by atoms with Crippen LogP contribution in [0.15, 0.2) is 11.0 Å². The Morgan fingerprint density at radius 2 is 2.80 bits per heavy atom. The minimum atomic E-state index is 1.64. The SMILES string of the molecule is c1nc[s+]s1. The second-order valence-electron chi connectivity index (χ2n) is 0.552. The third kappa shape index (κ3) is 0.629. The lowest BCUT2D eigenvalue weighted by molar-refractivity contribution is 1.46. The van der Waals surface area contributed by atoms with Gasteiger partial charge in [0.2, 0.25) is 0 Å². The van der Waals surface area contributed by atoms with Crippen LogP contribution in [0.5, 0.6) is 0 Å². The van der Waals surface area contributed by atoms with E-state index in [0.29, 0.717) is 0 Å². The van der Waals surface area contributed by atoms with Crippen LogP contribution in [-0.2, 0) is 0 Å². The largest absolute Gasteiger partial charge is 0.314 e. The predicted molar refractivity (Wildman–Crippen MR) is 24.4 cm³/mol.